The first-order valence-corrected chi connectivity index (χ1v) is 9.11. The second-order valence-electron chi connectivity index (χ2n) is 4.85. The zero-order valence-electron chi connectivity index (χ0n) is 13.9. The van der Waals surface area contributed by atoms with Gasteiger partial charge in [-0.05, 0) is 20.8 Å². The van der Waals surface area contributed by atoms with Crippen molar-refractivity contribution in [1.82, 2.24) is 9.71 Å². The molecule has 2 N–H and O–H groups in total. The molecular weight excluding hydrogens is 339 g/mol. The molecule has 0 aliphatic carbocycles. The highest BCUT2D eigenvalue weighted by atomic mass is 31.2. The van der Waals surface area contributed by atoms with Crippen LogP contribution in [0.4, 0.5) is 0 Å². The minimum absolute atomic E-state index is 0.0728. The molecule has 1 atom stereocenters. The Morgan fingerprint density at radius 3 is 2.50 bits per heavy atom. The molecule has 136 valence electrons. The molecular formula is C14H23N2O7P. The molecule has 0 saturated carbocycles. The van der Waals surface area contributed by atoms with Gasteiger partial charge in [0.15, 0.2) is 0 Å². The third-order valence-corrected chi connectivity index (χ3v) is 4.68. The number of aliphatic hydroxyl groups is 1. The summed E-state index contributed by atoms with van der Waals surface area (Å²) >= 11 is 0. The number of aliphatic hydroxyl groups excluding tert-OH is 1. The van der Waals surface area contributed by atoms with Gasteiger partial charge in [0.2, 0.25) is 0 Å². The summed E-state index contributed by atoms with van der Waals surface area (Å²) in [5, 5.41) is 9.38. The van der Waals surface area contributed by atoms with Crippen LogP contribution in [0.1, 0.15) is 19.4 Å². The maximum absolute atomic E-state index is 12.3. The Morgan fingerprint density at radius 2 is 1.96 bits per heavy atom. The van der Waals surface area contributed by atoms with Crippen LogP contribution in [0.5, 0.6) is 0 Å². The molecule has 9 nitrogen and oxygen atoms in total. The SMILES string of the molecule is CCOP(=O)(/C=C/[C@H](CO)COn1cc(C)c(=O)[nH]c1=O)OCC. The van der Waals surface area contributed by atoms with Crippen LogP contribution in [0.15, 0.2) is 27.7 Å². The second-order valence-corrected chi connectivity index (χ2v) is 6.75. The van der Waals surface area contributed by atoms with Gasteiger partial charge in [-0.25, -0.2) is 4.79 Å². The average molecular weight is 362 g/mol. The van der Waals surface area contributed by atoms with Crippen molar-refractivity contribution in [1.29, 1.82) is 0 Å². The first-order chi connectivity index (χ1) is 11.3. The summed E-state index contributed by atoms with van der Waals surface area (Å²) < 4.78 is 23.4. The van der Waals surface area contributed by atoms with E-state index >= 15 is 0 Å². The summed E-state index contributed by atoms with van der Waals surface area (Å²) in [6, 6.07) is 0. The van der Waals surface area contributed by atoms with E-state index in [1.54, 1.807) is 13.8 Å². The van der Waals surface area contributed by atoms with Gasteiger partial charge < -0.3 is 19.0 Å². The standard InChI is InChI=1S/C14H23N2O7P/c1-4-22-24(20,23-5-2)7-6-12(9-17)10-21-16-8-11(3)13(18)15-14(16)19/h6-8,12,17H,4-5,9-10H2,1-3H3,(H,15,18,19)/b7-6+/t12-/m1/s1. The lowest BCUT2D eigenvalue weighted by Gasteiger charge is -2.15. The van der Waals surface area contributed by atoms with E-state index in [0.29, 0.717) is 5.56 Å². The average Bonchev–Trinajstić information content (AvgIpc) is 2.52. The Hall–Kier alpha value is -1.67. The molecule has 0 aliphatic rings. The lowest BCUT2D eigenvalue weighted by Crippen LogP contribution is -2.36. The molecule has 0 unspecified atom stereocenters. The Kier molecular flexibility index (Phi) is 8.14. The monoisotopic (exact) mass is 362 g/mol. The molecule has 0 fully saturated rings. The predicted molar refractivity (Wildman–Crippen MR) is 88.1 cm³/mol. The van der Waals surface area contributed by atoms with Gasteiger partial charge in [-0.3, -0.25) is 14.3 Å². The smallest absolute Gasteiger partial charge is 0.361 e. The highest BCUT2D eigenvalue weighted by Crippen LogP contribution is 2.49. The first kappa shape index (κ1) is 20.4. The van der Waals surface area contributed by atoms with Crippen LogP contribution in [0.2, 0.25) is 0 Å². The normalized spacial score (nSPS) is 13.3. The van der Waals surface area contributed by atoms with E-state index in [1.807, 2.05) is 0 Å². The molecule has 24 heavy (non-hydrogen) atoms. The summed E-state index contributed by atoms with van der Waals surface area (Å²) in [5.74, 6) is 0.726. The van der Waals surface area contributed by atoms with Gasteiger partial charge in [-0.1, -0.05) is 6.08 Å². The summed E-state index contributed by atoms with van der Waals surface area (Å²) in [6.07, 6.45) is 2.71. The predicted octanol–water partition coefficient (Wildman–Crippen LogP) is 0.662. The maximum atomic E-state index is 12.3. The Balaban J connectivity index is 2.79. The lowest BCUT2D eigenvalue weighted by atomic mass is 10.2. The highest BCUT2D eigenvalue weighted by Gasteiger charge is 2.20. The summed E-state index contributed by atoms with van der Waals surface area (Å²) in [5.41, 5.74) is -0.906. The van der Waals surface area contributed by atoms with Crippen LogP contribution in [0.3, 0.4) is 0 Å². The van der Waals surface area contributed by atoms with Gasteiger partial charge in [0.25, 0.3) is 5.56 Å². The quantitative estimate of drug-likeness (QED) is 0.587. The molecule has 0 radical (unpaired) electrons. The van der Waals surface area contributed by atoms with Crippen molar-refractivity contribution in [2.24, 2.45) is 5.92 Å². The van der Waals surface area contributed by atoms with Gasteiger partial charge in [-0.15, -0.1) is 4.73 Å². The third kappa shape index (κ3) is 6.09. The van der Waals surface area contributed by atoms with E-state index in [-0.39, 0.29) is 26.4 Å². The van der Waals surface area contributed by atoms with Crippen molar-refractivity contribution in [2.75, 3.05) is 26.4 Å². The number of aryl methyl sites for hydroxylation is 1. The molecule has 1 aromatic heterocycles. The van der Waals surface area contributed by atoms with E-state index in [1.165, 1.54) is 25.0 Å². The molecule has 1 heterocycles. The van der Waals surface area contributed by atoms with Crippen molar-refractivity contribution in [3.63, 3.8) is 0 Å². The van der Waals surface area contributed by atoms with Gasteiger partial charge >= 0.3 is 13.3 Å². The number of hydrogen-bond donors (Lipinski definition) is 2. The Labute approximate surface area is 139 Å². The van der Waals surface area contributed by atoms with Crippen LogP contribution in [0.25, 0.3) is 0 Å². The molecule has 1 rings (SSSR count). The fraction of sp³-hybridized carbons (Fsp3) is 0.571. The van der Waals surface area contributed by atoms with E-state index in [9.17, 15) is 19.3 Å². The molecule has 0 bridgehead atoms. The Bertz CT molecular complexity index is 700. The third-order valence-electron chi connectivity index (χ3n) is 2.91. The summed E-state index contributed by atoms with van der Waals surface area (Å²) in [6.45, 7) is 4.97. The van der Waals surface area contributed by atoms with E-state index in [0.717, 1.165) is 4.73 Å². The molecule has 0 aromatic carbocycles. The fourth-order valence-electron chi connectivity index (χ4n) is 1.70. The maximum Gasteiger partial charge on any atom is 0.361 e. The van der Waals surface area contributed by atoms with Crippen LogP contribution in [-0.4, -0.2) is 41.2 Å². The van der Waals surface area contributed by atoms with Crippen molar-refractivity contribution < 1.29 is 23.6 Å². The minimum Gasteiger partial charge on any atom is -0.409 e. The van der Waals surface area contributed by atoms with Crippen molar-refractivity contribution in [2.45, 2.75) is 20.8 Å². The minimum atomic E-state index is -3.37. The molecule has 0 spiro atoms. The largest absolute Gasteiger partial charge is 0.409 e. The van der Waals surface area contributed by atoms with Crippen LogP contribution in [-0.2, 0) is 13.6 Å². The number of rotatable bonds is 10. The zero-order chi connectivity index (χ0) is 18.2. The van der Waals surface area contributed by atoms with E-state index in [2.05, 4.69) is 4.98 Å². The topological polar surface area (TPSA) is 120 Å². The van der Waals surface area contributed by atoms with Crippen LogP contribution >= 0.6 is 7.60 Å². The highest BCUT2D eigenvalue weighted by molar-refractivity contribution is 7.57. The molecule has 0 amide bonds. The van der Waals surface area contributed by atoms with Gasteiger partial charge in [-0.2, -0.15) is 0 Å². The van der Waals surface area contributed by atoms with Crippen LogP contribution < -0.4 is 16.1 Å². The second kappa shape index (κ2) is 9.58. The fourth-order valence-corrected chi connectivity index (χ4v) is 3.12. The van der Waals surface area contributed by atoms with Gasteiger partial charge in [0.1, 0.15) is 6.61 Å². The number of nitrogens with zero attached hydrogens (tertiary/aromatic N) is 1. The Morgan fingerprint density at radius 1 is 1.33 bits per heavy atom. The number of aromatic nitrogens is 2. The molecule has 0 saturated heterocycles. The number of aromatic amines is 1. The number of nitrogens with one attached hydrogen (secondary N) is 1. The van der Waals surface area contributed by atoms with Gasteiger partial charge in [0, 0.05) is 17.3 Å². The van der Waals surface area contributed by atoms with Gasteiger partial charge in [0.05, 0.1) is 26.0 Å². The number of hydrogen-bond acceptors (Lipinski definition) is 7. The van der Waals surface area contributed by atoms with Crippen LogP contribution in [0, 0.1) is 12.8 Å². The molecule has 10 heteroatoms. The van der Waals surface area contributed by atoms with Crippen molar-refractivity contribution in [3.8, 4) is 0 Å². The van der Waals surface area contributed by atoms with E-state index in [4.69, 9.17) is 13.9 Å². The zero-order valence-corrected chi connectivity index (χ0v) is 14.8. The lowest BCUT2D eigenvalue weighted by molar-refractivity contribution is 0.0638. The summed E-state index contributed by atoms with van der Waals surface area (Å²) in [7, 11) is -3.37. The molecule has 1 aromatic rings. The van der Waals surface area contributed by atoms with E-state index < -0.39 is 24.8 Å². The first-order valence-electron chi connectivity index (χ1n) is 7.50. The number of H-pyrrole nitrogens is 1. The van der Waals surface area contributed by atoms with Crippen molar-refractivity contribution in [3.05, 3.63) is 44.5 Å². The summed E-state index contributed by atoms with van der Waals surface area (Å²) in [4.78, 5) is 30.2. The molecule has 0 aliphatic heterocycles. The van der Waals surface area contributed by atoms with Crippen molar-refractivity contribution >= 4 is 7.60 Å².